The molecule has 0 aliphatic carbocycles. The number of thiazole rings is 1. The maximum atomic E-state index is 12.4. The molecule has 0 atom stereocenters. The maximum absolute atomic E-state index is 12.4. The molecule has 2 aromatic rings. The summed E-state index contributed by atoms with van der Waals surface area (Å²) in [6, 6.07) is 3.55. The van der Waals surface area contributed by atoms with E-state index in [4.69, 9.17) is 5.73 Å². The third-order valence-electron chi connectivity index (χ3n) is 3.12. The summed E-state index contributed by atoms with van der Waals surface area (Å²) >= 11 is 1.42. The van der Waals surface area contributed by atoms with Gasteiger partial charge in [0.25, 0.3) is 0 Å². The molecule has 5 nitrogen and oxygen atoms in total. The molecule has 1 heterocycles. The van der Waals surface area contributed by atoms with E-state index < -0.39 is 10.0 Å². The Balaban J connectivity index is 2.31. The fourth-order valence-corrected chi connectivity index (χ4v) is 3.87. The molecule has 20 heavy (non-hydrogen) atoms. The lowest BCUT2D eigenvalue weighted by Crippen LogP contribution is -2.24. The van der Waals surface area contributed by atoms with Crippen molar-refractivity contribution in [2.75, 3.05) is 0 Å². The highest BCUT2D eigenvalue weighted by atomic mass is 32.2. The zero-order chi connectivity index (χ0) is 14.8. The fraction of sp³-hybridized carbons (Fsp3) is 0.308. The molecule has 7 heteroatoms. The Morgan fingerprint density at radius 1 is 1.35 bits per heavy atom. The topological polar surface area (TPSA) is 85.1 Å². The standard InChI is InChI=1S/C13H17N3O2S2/c1-9-3-11(5-14)4-13(10(9)2)20(17,18)16-7-12-6-15-8-19-12/h3-4,6,8,16H,5,7,14H2,1-2H3. The third-order valence-corrected chi connectivity index (χ3v) is 5.43. The molecule has 2 rings (SSSR count). The maximum Gasteiger partial charge on any atom is 0.241 e. The number of sulfonamides is 1. The number of aromatic nitrogens is 1. The molecular weight excluding hydrogens is 294 g/mol. The van der Waals surface area contributed by atoms with Crippen LogP contribution in [0, 0.1) is 13.8 Å². The Labute approximate surface area is 122 Å². The van der Waals surface area contributed by atoms with E-state index in [1.807, 2.05) is 13.0 Å². The SMILES string of the molecule is Cc1cc(CN)cc(S(=O)(=O)NCc2cncs2)c1C. The summed E-state index contributed by atoms with van der Waals surface area (Å²) < 4.78 is 27.4. The number of nitrogens with one attached hydrogen (secondary N) is 1. The quantitative estimate of drug-likeness (QED) is 0.880. The van der Waals surface area contributed by atoms with Crippen LogP contribution in [-0.4, -0.2) is 13.4 Å². The van der Waals surface area contributed by atoms with Crippen LogP contribution in [-0.2, 0) is 23.1 Å². The molecule has 1 aromatic heterocycles. The van der Waals surface area contributed by atoms with Gasteiger partial charge in [-0.05, 0) is 36.6 Å². The first-order chi connectivity index (χ1) is 9.44. The smallest absolute Gasteiger partial charge is 0.241 e. The summed E-state index contributed by atoms with van der Waals surface area (Å²) in [6.45, 7) is 4.25. The molecule has 108 valence electrons. The van der Waals surface area contributed by atoms with Gasteiger partial charge in [-0.2, -0.15) is 0 Å². The molecule has 0 radical (unpaired) electrons. The monoisotopic (exact) mass is 311 g/mol. The summed E-state index contributed by atoms with van der Waals surface area (Å²) in [7, 11) is -3.55. The second-order valence-corrected chi connectivity index (χ2v) is 7.24. The summed E-state index contributed by atoms with van der Waals surface area (Å²) in [6.07, 6.45) is 1.65. The number of benzene rings is 1. The van der Waals surface area contributed by atoms with Gasteiger partial charge < -0.3 is 5.73 Å². The van der Waals surface area contributed by atoms with Crippen molar-refractivity contribution in [2.24, 2.45) is 5.73 Å². The third kappa shape index (κ3) is 3.24. The van der Waals surface area contributed by atoms with Gasteiger partial charge in [0.05, 0.1) is 10.4 Å². The average Bonchev–Trinajstić information content (AvgIpc) is 2.92. The van der Waals surface area contributed by atoms with E-state index in [2.05, 4.69) is 9.71 Å². The lowest BCUT2D eigenvalue weighted by molar-refractivity contribution is 0.581. The van der Waals surface area contributed by atoms with Crippen molar-refractivity contribution in [1.82, 2.24) is 9.71 Å². The number of nitrogens with two attached hydrogens (primary N) is 1. The molecule has 0 saturated heterocycles. The second kappa shape index (κ2) is 6.01. The van der Waals surface area contributed by atoms with Crippen LogP contribution in [0.25, 0.3) is 0 Å². The molecule has 0 fully saturated rings. The van der Waals surface area contributed by atoms with Crippen molar-refractivity contribution in [3.8, 4) is 0 Å². The molecule has 0 unspecified atom stereocenters. The molecule has 0 amide bonds. The van der Waals surface area contributed by atoms with E-state index in [9.17, 15) is 8.42 Å². The summed E-state index contributed by atoms with van der Waals surface area (Å²) in [5.41, 5.74) is 9.77. The molecular formula is C13H17N3O2S2. The molecule has 3 N–H and O–H groups in total. The van der Waals surface area contributed by atoms with Gasteiger partial charge >= 0.3 is 0 Å². The van der Waals surface area contributed by atoms with Crippen LogP contribution in [0.2, 0.25) is 0 Å². The van der Waals surface area contributed by atoms with Crippen molar-refractivity contribution in [1.29, 1.82) is 0 Å². The van der Waals surface area contributed by atoms with Gasteiger partial charge in [0.1, 0.15) is 0 Å². The van der Waals surface area contributed by atoms with Crippen LogP contribution in [0.5, 0.6) is 0 Å². The molecule has 0 bridgehead atoms. The second-order valence-electron chi connectivity index (χ2n) is 4.53. The minimum Gasteiger partial charge on any atom is -0.326 e. The van der Waals surface area contributed by atoms with Gasteiger partial charge in [-0.1, -0.05) is 6.07 Å². The van der Waals surface area contributed by atoms with Crippen LogP contribution in [0.15, 0.2) is 28.7 Å². The number of nitrogens with zero attached hydrogens (tertiary/aromatic N) is 1. The lowest BCUT2D eigenvalue weighted by atomic mass is 10.1. The Hall–Kier alpha value is -1.28. The van der Waals surface area contributed by atoms with Gasteiger partial charge in [-0.3, -0.25) is 4.98 Å². The van der Waals surface area contributed by atoms with E-state index in [0.29, 0.717) is 11.4 Å². The van der Waals surface area contributed by atoms with Gasteiger partial charge in [0, 0.05) is 24.2 Å². The van der Waals surface area contributed by atoms with Crippen molar-refractivity contribution in [3.63, 3.8) is 0 Å². The number of hydrogen-bond donors (Lipinski definition) is 2. The predicted octanol–water partition coefficient (Wildman–Crippen LogP) is 1.70. The Bertz CT molecular complexity index is 695. The Morgan fingerprint density at radius 3 is 2.70 bits per heavy atom. The largest absolute Gasteiger partial charge is 0.326 e. The van der Waals surface area contributed by atoms with Gasteiger partial charge in [-0.15, -0.1) is 11.3 Å². The summed E-state index contributed by atoms with van der Waals surface area (Å²) in [5.74, 6) is 0. The minimum atomic E-state index is -3.55. The Morgan fingerprint density at radius 2 is 2.10 bits per heavy atom. The lowest BCUT2D eigenvalue weighted by Gasteiger charge is -2.12. The highest BCUT2D eigenvalue weighted by Gasteiger charge is 2.18. The number of hydrogen-bond acceptors (Lipinski definition) is 5. The highest BCUT2D eigenvalue weighted by molar-refractivity contribution is 7.89. The van der Waals surface area contributed by atoms with Crippen molar-refractivity contribution in [2.45, 2.75) is 31.8 Å². The van der Waals surface area contributed by atoms with Crippen molar-refractivity contribution in [3.05, 3.63) is 45.4 Å². The number of rotatable bonds is 5. The average molecular weight is 311 g/mol. The zero-order valence-electron chi connectivity index (χ0n) is 11.4. The zero-order valence-corrected chi connectivity index (χ0v) is 13.0. The van der Waals surface area contributed by atoms with Crippen molar-refractivity contribution >= 4 is 21.4 Å². The molecule has 0 aliphatic heterocycles. The molecule has 0 aliphatic rings. The number of aryl methyl sites for hydroxylation is 1. The summed E-state index contributed by atoms with van der Waals surface area (Å²) in [4.78, 5) is 5.09. The Kier molecular flexibility index (Phi) is 4.54. The predicted molar refractivity (Wildman–Crippen MR) is 79.9 cm³/mol. The van der Waals surface area contributed by atoms with E-state index in [-0.39, 0.29) is 6.54 Å². The normalized spacial score (nSPS) is 11.8. The first-order valence-corrected chi connectivity index (χ1v) is 8.47. The van der Waals surface area contributed by atoms with E-state index >= 15 is 0 Å². The molecule has 0 saturated carbocycles. The van der Waals surface area contributed by atoms with E-state index in [1.54, 1.807) is 24.7 Å². The van der Waals surface area contributed by atoms with Gasteiger partial charge in [0.2, 0.25) is 10.0 Å². The van der Waals surface area contributed by atoms with E-state index in [1.165, 1.54) is 11.3 Å². The highest BCUT2D eigenvalue weighted by Crippen LogP contribution is 2.21. The van der Waals surface area contributed by atoms with Gasteiger partial charge in [-0.25, -0.2) is 13.1 Å². The molecule has 0 spiro atoms. The minimum absolute atomic E-state index is 0.248. The van der Waals surface area contributed by atoms with Crippen LogP contribution < -0.4 is 10.5 Å². The van der Waals surface area contributed by atoms with Crippen LogP contribution in [0.4, 0.5) is 0 Å². The summed E-state index contributed by atoms with van der Waals surface area (Å²) in [5, 5.41) is 0. The van der Waals surface area contributed by atoms with E-state index in [0.717, 1.165) is 21.6 Å². The van der Waals surface area contributed by atoms with Crippen LogP contribution in [0.3, 0.4) is 0 Å². The van der Waals surface area contributed by atoms with Gasteiger partial charge in [0.15, 0.2) is 0 Å². The first kappa shape index (κ1) is 15.1. The van der Waals surface area contributed by atoms with Crippen molar-refractivity contribution < 1.29 is 8.42 Å². The first-order valence-electron chi connectivity index (χ1n) is 6.11. The fourth-order valence-electron chi connectivity index (χ4n) is 1.87. The molecule has 1 aromatic carbocycles. The van der Waals surface area contributed by atoms with Crippen LogP contribution in [0.1, 0.15) is 21.6 Å². The van der Waals surface area contributed by atoms with Crippen LogP contribution >= 0.6 is 11.3 Å².